The van der Waals surface area contributed by atoms with Gasteiger partial charge in [0.25, 0.3) is 0 Å². The van der Waals surface area contributed by atoms with E-state index in [2.05, 4.69) is 10.2 Å². The van der Waals surface area contributed by atoms with Gasteiger partial charge in [-0.25, -0.2) is 8.78 Å². The highest BCUT2D eigenvalue weighted by Crippen LogP contribution is 2.29. The second-order valence-electron chi connectivity index (χ2n) is 6.22. The van der Waals surface area contributed by atoms with E-state index in [1.165, 1.54) is 25.0 Å². The summed E-state index contributed by atoms with van der Waals surface area (Å²) < 4.78 is 27.8. The van der Waals surface area contributed by atoms with E-state index in [9.17, 15) is 8.78 Å². The van der Waals surface area contributed by atoms with Crippen LogP contribution in [-0.2, 0) is 0 Å². The van der Waals surface area contributed by atoms with Gasteiger partial charge in [-0.2, -0.15) is 0 Å². The molecule has 4 heteroatoms. The topological polar surface area (TPSA) is 15.3 Å². The molecule has 3 unspecified atom stereocenters. The van der Waals surface area contributed by atoms with E-state index < -0.39 is 0 Å². The molecule has 2 fully saturated rings. The van der Waals surface area contributed by atoms with E-state index >= 15 is 0 Å². The van der Waals surface area contributed by atoms with Crippen molar-refractivity contribution in [2.24, 2.45) is 0 Å². The van der Waals surface area contributed by atoms with Gasteiger partial charge in [0, 0.05) is 36.8 Å². The predicted octanol–water partition coefficient (Wildman–Crippen LogP) is 3.16. The van der Waals surface area contributed by atoms with Gasteiger partial charge in [-0.05, 0) is 50.8 Å². The number of nitrogens with one attached hydrogen (secondary N) is 1. The van der Waals surface area contributed by atoms with Crippen LogP contribution in [0, 0.1) is 18.6 Å². The molecule has 3 atom stereocenters. The maximum absolute atomic E-state index is 14.1. The van der Waals surface area contributed by atoms with Crippen molar-refractivity contribution in [3.63, 3.8) is 0 Å². The number of rotatable bonds is 2. The number of hydrogen-bond donors (Lipinski definition) is 1. The summed E-state index contributed by atoms with van der Waals surface area (Å²) in [5.74, 6) is -0.610. The Labute approximate surface area is 119 Å². The lowest BCUT2D eigenvalue weighted by Gasteiger charge is -2.31. The minimum absolute atomic E-state index is 0.0775. The molecular weight excluding hydrogens is 258 g/mol. The summed E-state index contributed by atoms with van der Waals surface area (Å²) >= 11 is 0. The van der Waals surface area contributed by atoms with Crippen molar-refractivity contribution in [2.75, 3.05) is 13.1 Å². The lowest BCUT2D eigenvalue weighted by molar-refractivity contribution is 0.196. The Morgan fingerprint density at radius 3 is 2.70 bits per heavy atom. The van der Waals surface area contributed by atoms with Gasteiger partial charge in [-0.1, -0.05) is 0 Å². The summed E-state index contributed by atoms with van der Waals surface area (Å²) in [6, 6.07) is 3.71. The van der Waals surface area contributed by atoms with Gasteiger partial charge in [0.15, 0.2) is 0 Å². The quantitative estimate of drug-likeness (QED) is 0.895. The lowest BCUT2D eigenvalue weighted by Crippen LogP contribution is -2.37. The third-order valence-corrected chi connectivity index (χ3v) is 4.83. The molecule has 0 aromatic heterocycles. The third-order valence-electron chi connectivity index (χ3n) is 4.83. The van der Waals surface area contributed by atoms with Crippen LogP contribution in [0.25, 0.3) is 0 Å². The zero-order chi connectivity index (χ0) is 14.3. The monoisotopic (exact) mass is 280 g/mol. The second kappa shape index (κ2) is 5.41. The van der Waals surface area contributed by atoms with Crippen LogP contribution < -0.4 is 5.32 Å². The first-order chi connectivity index (χ1) is 9.54. The molecule has 3 rings (SSSR count). The van der Waals surface area contributed by atoms with Crippen molar-refractivity contribution in [1.82, 2.24) is 10.2 Å². The summed E-state index contributed by atoms with van der Waals surface area (Å²) in [5.41, 5.74) is 0.848. The molecule has 2 saturated heterocycles. The highest BCUT2D eigenvalue weighted by atomic mass is 19.1. The Balaban J connectivity index is 1.81. The van der Waals surface area contributed by atoms with E-state index in [0.29, 0.717) is 23.2 Å². The van der Waals surface area contributed by atoms with E-state index in [-0.39, 0.29) is 17.7 Å². The minimum Gasteiger partial charge on any atom is -0.310 e. The SMILES string of the molecule is Cc1cc(F)c(C(C)N2CCC3CCC(C2)N3)cc1F. The molecule has 2 aliphatic heterocycles. The first-order valence-corrected chi connectivity index (χ1v) is 7.50. The van der Waals surface area contributed by atoms with Gasteiger partial charge in [0.1, 0.15) is 11.6 Å². The highest BCUT2D eigenvalue weighted by Gasteiger charge is 2.32. The smallest absolute Gasteiger partial charge is 0.128 e. The van der Waals surface area contributed by atoms with Crippen LogP contribution in [0.15, 0.2) is 12.1 Å². The maximum atomic E-state index is 14.1. The maximum Gasteiger partial charge on any atom is 0.128 e. The van der Waals surface area contributed by atoms with Crippen LogP contribution in [0.1, 0.15) is 43.4 Å². The molecule has 1 aromatic rings. The van der Waals surface area contributed by atoms with Gasteiger partial charge in [-0.3, -0.25) is 4.90 Å². The number of likely N-dealkylation sites (tertiary alicyclic amines) is 1. The number of fused-ring (bicyclic) bond motifs is 2. The molecule has 0 saturated carbocycles. The van der Waals surface area contributed by atoms with Crippen LogP contribution in [0.2, 0.25) is 0 Å². The van der Waals surface area contributed by atoms with Crippen molar-refractivity contribution < 1.29 is 8.78 Å². The first kappa shape index (κ1) is 14.0. The fourth-order valence-electron chi connectivity index (χ4n) is 3.50. The summed E-state index contributed by atoms with van der Waals surface area (Å²) in [7, 11) is 0. The predicted molar refractivity (Wildman–Crippen MR) is 75.6 cm³/mol. The molecule has 2 bridgehead atoms. The third kappa shape index (κ3) is 2.59. The Morgan fingerprint density at radius 2 is 1.90 bits per heavy atom. The highest BCUT2D eigenvalue weighted by molar-refractivity contribution is 5.27. The van der Waals surface area contributed by atoms with Crippen molar-refractivity contribution in [3.05, 3.63) is 34.9 Å². The first-order valence-electron chi connectivity index (χ1n) is 7.50. The van der Waals surface area contributed by atoms with Gasteiger partial charge < -0.3 is 5.32 Å². The van der Waals surface area contributed by atoms with Gasteiger partial charge in [-0.15, -0.1) is 0 Å². The molecule has 2 nitrogen and oxygen atoms in total. The van der Waals surface area contributed by atoms with Crippen LogP contribution in [0.5, 0.6) is 0 Å². The Kier molecular flexibility index (Phi) is 3.78. The zero-order valence-corrected chi connectivity index (χ0v) is 12.1. The molecule has 20 heavy (non-hydrogen) atoms. The fourth-order valence-corrected chi connectivity index (χ4v) is 3.50. The summed E-state index contributed by atoms with van der Waals surface area (Å²) in [4.78, 5) is 2.28. The Hall–Kier alpha value is -1.00. The summed E-state index contributed by atoms with van der Waals surface area (Å²) in [6.45, 7) is 5.45. The molecule has 1 N–H and O–H groups in total. The van der Waals surface area contributed by atoms with Crippen molar-refractivity contribution in [1.29, 1.82) is 0 Å². The Bertz CT molecular complexity index is 503. The van der Waals surface area contributed by atoms with Crippen LogP contribution in [0.3, 0.4) is 0 Å². The van der Waals surface area contributed by atoms with Crippen LogP contribution >= 0.6 is 0 Å². The molecule has 0 aliphatic carbocycles. The molecule has 1 aromatic carbocycles. The average Bonchev–Trinajstić information content (AvgIpc) is 2.73. The molecule has 2 aliphatic rings. The zero-order valence-electron chi connectivity index (χ0n) is 12.1. The Morgan fingerprint density at radius 1 is 1.15 bits per heavy atom. The number of benzene rings is 1. The average molecular weight is 280 g/mol. The van der Waals surface area contributed by atoms with Gasteiger partial charge in [0.05, 0.1) is 0 Å². The molecular formula is C16H22F2N2. The molecule has 0 spiro atoms. The van der Waals surface area contributed by atoms with E-state index in [1.54, 1.807) is 6.92 Å². The largest absolute Gasteiger partial charge is 0.310 e. The van der Waals surface area contributed by atoms with Crippen LogP contribution in [0.4, 0.5) is 8.78 Å². The van der Waals surface area contributed by atoms with Gasteiger partial charge >= 0.3 is 0 Å². The lowest BCUT2D eigenvalue weighted by atomic mass is 10.0. The van der Waals surface area contributed by atoms with Gasteiger partial charge in [0.2, 0.25) is 0 Å². The standard InChI is InChI=1S/C16H22F2N2/c1-10-7-16(18)14(8-15(10)17)11(2)20-6-5-12-3-4-13(9-20)19-12/h7-8,11-13,19H,3-6,9H2,1-2H3. The van der Waals surface area contributed by atoms with Crippen molar-refractivity contribution >= 4 is 0 Å². The van der Waals surface area contributed by atoms with Crippen molar-refractivity contribution in [3.8, 4) is 0 Å². The number of nitrogens with zero attached hydrogens (tertiary/aromatic N) is 1. The minimum atomic E-state index is -0.317. The summed E-state index contributed by atoms with van der Waals surface area (Å²) in [5, 5.41) is 3.61. The van der Waals surface area contributed by atoms with E-state index in [4.69, 9.17) is 0 Å². The van der Waals surface area contributed by atoms with Crippen LogP contribution in [-0.4, -0.2) is 30.1 Å². The normalized spacial score (nSPS) is 28.4. The molecule has 0 amide bonds. The van der Waals surface area contributed by atoms with E-state index in [0.717, 1.165) is 19.5 Å². The van der Waals surface area contributed by atoms with Crippen molar-refractivity contribution in [2.45, 2.75) is 51.2 Å². The van der Waals surface area contributed by atoms with E-state index in [1.807, 2.05) is 6.92 Å². The number of aryl methyl sites for hydroxylation is 1. The summed E-state index contributed by atoms with van der Waals surface area (Å²) in [6.07, 6.45) is 3.54. The molecule has 110 valence electrons. The second-order valence-corrected chi connectivity index (χ2v) is 6.22. The number of hydrogen-bond acceptors (Lipinski definition) is 2. The fraction of sp³-hybridized carbons (Fsp3) is 0.625. The molecule has 2 heterocycles. The molecule has 0 radical (unpaired) electrons. The number of halogens is 2.